The van der Waals surface area contributed by atoms with Gasteiger partial charge in [-0.25, -0.2) is 4.79 Å². The Balaban J connectivity index is 2.73. The monoisotopic (exact) mass is 289 g/mol. The molecule has 1 aromatic heterocycles. The van der Waals surface area contributed by atoms with Gasteiger partial charge in [-0.1, -0.05) is 20.8 Å². The molecule has 2 N–H and O–H groups in total. The molecule has 4 heteroatoms. The topological polar surface area (TPSA) is 62.5 Å². The van der Waals surface area contributed by atoms with Crippen LogP contribution in [0.25, 0.3) is 10.9 Å². The summed E-state index contributed by atoms with van der Waals surface area (Å²) in [5.41, 5.74) is 3.68. The molecular weight excluding hydrogens is 266 g/mol. The van der Waals surface area contributed by atoms with Gasteiger partial charge in [0.2, 0.25) is 0 Å². The Morgan fingerprint density at radius 3 is 2.57 bits per heavy atom. The highest BCUT2D eigenvalue weighted by atomic mass is 16.4. The first-order valence-corrected chi connectivity index (χ1v) is 7.49. The highest BCUT2D eigenvalue weighted by Gasteiger charge is 2.17. The largest absolute Gasteiger partial charge is 0.478 e. The van der Waals surface area contributed by atoms with Gasteiger partial charge in [0.25, 0.3) is 0 Å². The summed E-state index contributed by atoms with van der Waals surface area (Å²) in [6.07, 6.45) is 3.60. The number of carboxylic acids is 1. The Hall–Kier alpha value is -1.81. The quantitative estimate of drug-likeness (QED) is 0.856. The molecule has 114 valence electrons. The number of aromatic nitrogens is 1. The number of aliphatic hydroxyl groups is 1. The molecule has 2 rings (SSSR count). The molecule has 0 atom stereocenters. The van der Waals surface area contributed by atoms with Crippen LogP contribution in [-0.2, 0) is 13.0 Å². The van der Waals surface area contributed by atoms with Crippen molar-refractivity contribution in [3.8, 4) is 0 Å². The van der Waals surface area contributed by atoms with E-state index in [1.807, 2.05) is 6.92 Å². The number of benzene rings is 1. The van der Waals surface area contributed by atoms with Crippen LogP contribution in [0.3, 0.4) is 0 Å². The number of carbonyl (C=O) groups is 1. The molecule has 1 aromatic carbocycles. The number of fused-ring (bicyclic) bond motifs is 1. The number of hydrogen-bond donors (Lipinski definition) is 2. The van der Waals surface area contributed by atoms with Gasteiger partial charge >= 0.3 is 5.97 Å². The molecule has 21 heavy (non-hydrogen) atoms. The van der Waals surface area contributed by atoms with Crippen LogP contribution in [0.4, 0.5) is 0 Å². The molecule has 2 aromatic rings. The van der Waals surface area contributed by atoms with Crippen molar-refractivity contribution in [2.45, 2.75) is 46.1 Å². The molecule has 4 nitrogen and oxygen atoms in total. The van der Waals surface area contributed by atoms with Gasteiger partial charge in [0.05, 0.1) is 11.1 Å². The van der Waals surface area contributed by atoms with Gasteiger partial charge in [0.1, 0.15) is 0 Å². The van der Waals surface area contributed by atoms with Crippen molar-refractivity contribution >= 4 is 16.9 Å². The first-order chi connectivity index (χ1) is 9.99. The van der Waals surface area contributed by atoms with Crippen LogP contribution in [0.1, 0.15) is 54.6 Å². The minimum atomic E-state index is -0.885. The molecule has 0 aliphatic carbocycles. The van der Waals surface area contributed by atoms with Crippen LogP contribution in [0.15, 0.2) is 18.3 Å². The third-order valence-electron chi connectivity index (χ3n) is 3.89. The summed E-state index contributed by atoms with van der Waals surface area (Å²) in [7, 11) is 0. The highest BCUT2D eigenvalue weighted by Crippen LogP contribution is 2.31. The molecule has 0 aliphatic rings. The predicted octanol–water partition coefficient (Wildman–Crippen LogP) is 3.41. The Morgan fingerprint density at radius 2 is 2.05 bits per heavy atom. The van der Waals surface area contributed by atoms with Gasteiger partial charge in [0, 0.05) is 24.7 Å². The zero-order chi connectivity index (χ0) is 15.6. The number of aryl methyl sites for hydroxylation is 2. The van der Waals surface area contributed by atoms with E-state index in [0.717, 1.165) is 29.4 Å². The molecule has 1 heterocycles. The predicted molar refractivity (Wildman–Crippen MR) is 84.1 cm³/mol. The third kappa shape index (κ3) is 2.95. The number of carboxylic acid groups (broad SMARTS) is 1. The van der Waals surface area contributed by atoms with Gasteiger partial charge < -0.3 is 14.8 Å². The van der Waals surface area contributed by atoms with E-state index in [9.17, 15) is 9.90 Å². The van der Waals surface area contributed by atoms with E-state index in [0.29, 0.717) is 17.9 Å². The molecule has 0 aliphatic heterocycles. The van der Waals surface area contributed by atoms with Gasteiger partial charge in [-0.3, -0.25) is 0 Å². The number of nitrogens with zero attached hydrogens (tertiary/aromatic N) is 1. The minimum absolute atomic E-state index is 0.158. The van der Waals surface area contributed by atoms with Crippen molar-refractivity contribution in [1.29, 1.82) is 0 Å². The van der Waals surface area contributed by atoms with Crippen molar-refractivity contribution in [1.82, 2.24) is 4.57 Å². The first-order valence-electron chi connectivity index (χ1n) is 7.49. The van der Waals surface area contributed by atoms with Crippen LogP contribution in [0.2, 0.25) is 0 Å². The second-order valence-electron chi connectivity index (χ2n) is 5.70. The first kappa shape index (κ1) is 15.6. The number of aliphatic hydroxyl groups excluding tert-OH is 1. The zero-order valence-electron chi connectivity index (χ0n) is 12.9. The Bertz CT molecular complexity index is 656. The third-order valence-corrected chi connectivity index (χ3v) is 3.89. The normalized spacial score (nSPS) is 11.5. The average molecular weight is 289 g/mol. The molecule has 0 spiro atoms. The van der Waals surface area contributed by atoms with Crippen LogP contribution >= 0.6 is 0 Å². The highest BCUT2D eigenvalue weighted by molar-refractivity contribution is 5.96. The van der Waals surface area contributed by atoms with E-state index < -0.39 is 5.97 Å². The summed E-state index contributed by atoms with van der Waals surface area (Å²) >= 11 is 0. The minimum Gasteiger partial charge on any atom is -0.478 e. The van der Waals surface area contributed by atoms with Crippen molar-refractivity contribution < 1.29 is 15.0 Å². The van der Waals surface area contributed by atoms with Gasteiger partial charge in [-0.15, -0.1) is 0 Å². The van der Waals surface area contributed by atoms with Crippen LogP contribution in [-0.4, -0.2) is 27.4 Å². The van der Waals surface area contributed by atoms with Gasteiger partial charge in [-0.2, -0.15) is 0 Å². The van der Waals surface area contributed by atoms with E-state index in [-0.39, 0.29) is 6.61 Å². The lowest BCUT2D eigenvalue weighted by molar-refractivity contribution is 0.0697. The molecule has 0 bridgehead atoms. The van der Waals surface area contributed by atoms with E-state index in [2.05, 4.69) is 24.6 Å². The van der Waals surface area contributed by atoms with Crippen LogP contribution in [0.5, 0.6) is 0 Å². The maximum atomic E-state index is 11.3. The average Bonchev–Trinajstić information content (AvgIpc) is 2.83. The summed E-state index contributed by atoms with van der Waals surface area (Å²) in [6.45, 7) is 7.18. The molecule has 0 radical (unpaired) electrons. The van der Waals surface area contributed by atoms with Gasteiger partial charge in [-0.05, 0) is 42.0 Å². The Kier molecular flexibility index (Phi) is 4.68. The van der Waals surface area contributed by atoms with E-state index in [4.69, 9.17) is 5.11 Å². The molecule has 0 fully saturated rings. The number of aromatic carboxylic acids is 1. The van der Waals surface area contributed by atoms with Gasteiger partial charge in [0.15, 0.2) is 0 Å². The molecule has 0 saturated carbocycles. The van der Waals surface area contributed by atoms with E-state index >= 15 is 0 Å². The fraction of sp³-hybridized carbons (Fsp3) is 0.471. The lowest BCUT2D eigenvalue weighted by Gasteiger charge is -2.09. The number of rotatable bonds is 6. The van der Waals surface area contributed by atoms with E-state index in [1.165, 1.54) is 5.56 Å². The lowest BCUT2D eigenvalue weighted by atomic mass is 9.98. The van der Waals surface area contributed by atoms with Crippen LogP contribution < -0.4 is 0 Å². The molecule has 0 amide bonds. The Morgan fingerprint density at radius 1 is 1.33 bits per heavy atom. The molecule has 0 saturated heterocycles. The lowest BCUT2D eigenvalue weighted by Crippen LogP contribution is -2.02. The maximum Gasteiger partial charge on any atom is 0.335 e. The molecule has 0 unspecified atom stereocenters. The number of hydrogen-bond acceptors (Lipinski definition) is 2. The second-order valence-corrected chi connectivity index (χ2v) is 5.70. The van der Waals surface area contributed by atoms with E-state index in [1.54, 1.807) is 12.1 Å². The summed E-state index contributed by atoms with van der Waals surface area (Å²) in [4.78, 5) is 11.3. The van der Waals surface area contributed by atoms with Crippen molar-refractivity contribution in [3.05, 3.63) is 35.0 Å². The zero-order valence-corrected chi connectivity index (χ0v) is 12.9. The van der Waals surface area contributed by atoms with Crippen molar-refractivity contribution in [3.63, 3.8) is 0 Å². The summed E-state index contributed by atoms with van der Waals surface area (Å²) < 4.78 is 2.16. The fourth-order valence-electron chi connectivity index (χ4n) is 2.83. The standard InChI is InChI=1S/C17H23NO3/c1-4-12-8-13(17(20)21)9-14-15(11(2)3)10-18(16(12)14)6-5-7-19/h8-11,19H,4-7H2,1-3H3,(H,20,21). The summed E-state index contributed by atoms with van der Waals surface area (Å²) in [6, 6.07) is 3.55. The summed E-state index contributed by atoms with van der Waals surface area (Å²) in [5.74, 6) is -0.555. The van der Waals surface area contributed by atoms with Crippen molar-refractivity contribution in [2.75, 3.05) is 6.61 Å². The SMILES string of the molecule is CCc1cc(C(=O)O)cc2c(C(C)C)cn(CCCO)c12. The maximum absolute atomic E-state index is 11.3. The fourth-order valence-corrected chi connectivity index (χ4v) is 2.83. The second kappa shape index (κ2) is 6.31. The Labute approximate surface area is 125 Å². The smallest absolute Gasteiger partial charge is 0.335 e. The summed E-state index contributed by atoms with van der Waals surface area (Å²) in [5, 5.41) is 19.4. The molecular formula is C17H23NO3. The van der Waals surface area contributed by atoms with Crippen molar-refractivity contribution in [2.24, 2.45) is 0 Å². The van der Waals surface area contributed by atoms with Crippen LogP contribution in [0, 0.1) is 0 Å².